The first-order valence-corrected chi connectivity index (χ1v) is 22.6. The lowest BCUT2D eigenvalue weighted by atomic mass is 9.64. The maximum atomic E-state index is 2.47. The standard InChI is InChI=1S/C63H44/c1-2-16-47-43(14-1)15-13-24-48(47)44-34-30-41(31-35-44)28-29-42-32-36-45(37-33-42)61-53-20-3-5-22-55(53)62(56-23-6-4-21-54(56)61)46-38-39-52-51-19-9-12-27-59(51)63(60(52)40-46)57-25-10-7-17-49(57)50-18-8-11-26-58(50)63/h1-32,34-36,38-39,60H,33,37,40H2. The average Bonchev–Trinajstić information content (AvgIpc) is 3.82. The van der Waals surface area contributed by atoms with E-state index in [0.29, 0.717) is 0 Å². The number of benzene rings is 9. The monoisotopic (exact) mass is 800 g/mol. The summed E-state index contributed by atoms with van der Waals surface area (Å²) in [4.78, 5) is 0. The van der Waals surface area contributed by atoms with Crippen molar-refractivity contribution >= 4 is 55.1 Å². The lowest BCUT2D eigenvalue weighted by Gasteiger charge is -2.37. The zero-order valence-corrected chi connectivity index (χ0v) is 35.1. The smallest absolute Gasteiger partial charge is 0.0541 e. The Kier molecular flexibility index (Phi) is 8.18. The van der Waals surface area contributed by atoms with Crippen LogP contribution in [-0.4, -0.2) is 0 Å². The Labute approximate surface area is 369 Å². The number of hydrogen-bond acceptors (Lipinski definition) is 0. The minimum absolute atomic E-state index is 0.243. The van der Waals surface area contributed by atoms with Gasteiger partial charge in [-0.2, -0.15) is 0 Å². The Bertz CT molecular complexity index is 3420. The SMILES string of the molecule is C(=Cc1ccc(-c2cccc3ccccc23)cc1)C1=CC=C(c2c3ccccc3c(C3=CC=C4c5ccccc5C5(c6ccccc6-c6ccccc65)C4C3)c3ccccc23)CC1. The molecule has 1 spiro atoms. The van der Waals surface area contributed by atoms with Crippen LogP contribution in [0.3, 0.4) is 0 Å². The molecule has 1 unspecified atom stereocenters. The highest BCUT2D eigenvalue weighted by atomic mass is 14.6. The predicted octanol–water partition coefficient (Wildman–Crippen LogP) is 16.4. The van der Waals surface area contributed by atoms with E-state index in [-0.39, 0.29) is 11.3 Å². The summed E-state index contributed by atoms with van der Waals surface area (Å²) >= 11 is 0. The summed E-state index contributed by atoms with van der Waals surface area (Å²) < 4.78 is 0. The molecule has 9 aromatic carbocycles. The summed E-state index contributed by atoms with van der Waals surface area (Å²) in [5.41, 5.74) is 20.4. The van der Waals surface area contributed by atoms with Crippen molar-refractivity contribution in [2.45, 2.75) is 24.7 Å². The van der Waals surface area contributed by atoms with Crippen molar-refractivity contribution in [3.63, 3.8) is 0 Å². The lowest BCUT2D eigenvalue weighted by Crippen LogP contribution is -2.33. The van der Waals surface area contributed by atoms with Gasteiger partial charge in [0.25, 0.3) is 0 Å². The summed E-state index contributed by atoms with van der Waals surface area (Å²) in [6.07, 6.45) is 17.2. The molecule has 0 bridgehead atoms. The van der Waals surface area contributed by atoms with Crippen molar-refractivity contribution in [3.05, 3.63) is 263 Å². The first-order chi connectivity index (χ1) is 31.3. The quantitative estimate of drug-likeness (QED) is 0.152. The second-order valence-corrected chi connectivity index (χ2v) is 17.8. The molecule has 296 valence electrons. The largest absolute Gasteiger partial charge is 0.0619 e. The maximum absolute atomic E-state index is 2.47. The molecule has 0 aliphatic heterocycles. The molecular weight excluding hydrogens is 757 g/mol. The lowest BCUT2D eigenvalue weighted by molar-refractivity contribution is 0.500. The zero-order chi connectivity index (χ0) is 41.5. The van der Waals surface area contributed by atoms with Crippen LogP contribution in [0.4, 0.5) is 0 Å². The maximum Gasteiger partial charge on any atom is 0.0541 e. The molecule has 0 heteroatoms. The van der Waals surface area contributed by atoms with Gasteiger partial charge in [-0.25, -0.2) is 0 Å². The third kappa shape index (κ3) is 5.41. The van der Waals surface area contributed by atoms with Crippen LogP contribution in [0.1, 0.15) is 58.2 Å². The van der Waals surface area contributed by atoms with Gasteiger partial charge < -0.3 is 0 Å². The van der Waals surface area contributed by atoms with Crippen LogP contribution >= 0.6 is 0 Å². The normalized spacial score (nSPS) is 17.0. The molecular formula is C63H44. The van der Waals surface area contributed by atoms with E-state index in [2.05, 4.69) is 225 Å². The predicted molar refractivity (Wildman–Crippen MR) is 267 cm³/mol. The van der Waals surface area contributed by atoms with Crippen molar-refractivity contribution in [1.82, 2.24) is 0 Å². The molecule has 0 heterocycles. The van der Waals surface area contributed by atoms with Crippen molar-refractivity contribution < 1.29 is 0 Å². The van der Waals surface area contributed by atoms with E-state index in [9.17, 15) is 0 Å². The highest BCUT2D eigenvalue weighted by molar-refractivity contribution is 6.16. The van der Waals surface area contributed by atoms with E-state index in [1.165, 1.54) is 116 Å². The molecule has 13 rings (SSSR count). The molecule has 4 aliphatic rings. The van der Waals surface area contributed by atoms with Gasteiger partial charge in [-0.05, 0) is 135 Å². The molecule has 0 aromatic heterocycles. The summed E-state index contributed by atoms with van der Waals surface area (Å²) in [6.45, 7) is 0. The summed E-state index contributed by atoms with van der Waals surface area (Å²) in [5.74, 6) is 0.275. The van der Waals surface area contributed by atoms with Crippen LogP contribution < -0.4 is 0 Å². The van der Waals surface area contributed by atoms with Crippen LogP contribution in [0, 0.1) is 5.92 Å². The van der Waals surface area contributed by atoms with Crippen LogP contribution in [-0.2, 0) is 5.41 Å². The first kappa shape index (κ1) is 36.1. The third-order valence-corrected chi connectivity index (χ3v) is 14.7. The molecule has 1 atom stereocenters. The summed E-state index contributed by atoms with van der Waals surface area (Å²) in [5, 5.41) is 7.93. The van der Waals surface area contributed by atoms with Crippen LogP contribution in [0.5, 0.6) is 0 Å². The van der Waals surface area contributed by atoms with Crippen molar-refractivity contribution in [2.24, 2.45) is 5.92 Å². The Balaban J connectivity index is 0.876. The van der Waals surface area contributed by atoms with Gasteiger partial charge >= 0.3 is 0 Å². The van der Waals surface area contributed by atoms with E-state index in [1.807, 2.05) is 0 Å². The average molecular weight is 801 g/mol. The number of rotatable bonds is 5. The van der Waals surface area contributed by atoms with E-state index in [1.54, 1.807) is 0 Å². The molecule has 9 aromatic rings. The van der Waals surface area contributed by atoms with E-state index >= 15 is 0 Å². The second-order valence-electron chi connectivity index (χ2n) is 17.8. The fraction of sp³-hybridized carbons (Fsp3) is 0.0794. The van der Waals surface area contributed by atoms with Crippen molar-refractivity contribution in [2.75, 3.05) is 0 Å². The molecule has 0 radical (unpaired) electrons. The van der Waals surface area contributed by atoms with Crippen LogP contribution in [0.25, 0.3) is 77.4 Å². The Morgan fingerprint density at radius 2 is 0.889 bits per heavy atom. The Morgan fingerprint density at radius 3 is 1.52 bits per heavy atom. The first-order valence-electron chi connectivity index (χ1n) is 22.6. The third-order valence-electron chi connectivity index (χ3n) is 14.7. The number of fused-ring (bicyclic) bond motifs is 13. The number of allylic oxidation sites excluding steroid dienone is 9. The van der Waals surface area contributed by atoms with Gasteiger partial charge in [0.05, 0.1) is 5.41 Å². The van der Waals surface area contributed by atoms with Crippen LogP contribution in [0.15, 0.2) is 224 Å². The minimum Gasteiger partial charge on any atom is -0.0619 e. The number of hydrogen-bond donors (Lipinski definition) is 0. The van der Waals surface area contributed by atoms with Gasteiger partial charge in [-0.3, -0.25) is 0 Å². The molecule has 63 heavy (non-hydrogen) atoms. The van der Waals surface area contributed by atoms with Gasteiger partial charge in [0.2, 0.25) is 0 Å². The molecule has 0 amide bonds. The highest BCUT2D eigenvalue weighted by Crippen LogP contribution is 2.66. The van der Waals surface area contributed by atoms with Gasteiger partial charge in [0, 0.05) is 5.92 Å². The molecule has 0 N–H and O–H groups in total. The molecule has 0 saturated heterocycles. The topological polar surface area (TPSA) is 0 Å². The summed E-state index contributed by atoms with van der Waals surface area (Å²) in [7, 11) is 0. The van der Waals surface area contributed by atoms with Gasteiger partial charge in [0.1, 0.15) is 0 Å². The molecule has 4 aliphatic carbocycles. The van der Waals surface area contributed by atoms with Crippen molar-refractivity contribution in [1.29, 1.82) is 0 Å². The van der Waals surface area contributed by atoms with Gasteiger partial charge in [-0.1, -0.05) is 225 Å². The minimum atomic E-state index is -0.243. The Hall–Kier alpha value is -7.54. The van der Waals surface area contributed by atoms with E-state index in [4.69, 9.17) is 0 Å². The van der Waals surface area contributed by atoms with E-state index < -0.39 is 0 Å². The van der Waals surface area contributed by atoms with Gasteiger partial charge in [-0.15, -0.1) is 0 Å². The van der Waals surface area contributed by atoms with E-state index in [0.717, 1.165) is 19.3 Å². The fourth-order valence-electron chi connectivity index (χ4n) is 12.0. The van der Waals surface area contributed by atoms with Crippen LogP contribution in [0.2, 0.25) is 0 Å². The summed E-state index contributed by atoms with van der Waals surface area (Å²) in [6, 6.07) is 70.3. The Morgan fingerprint density at radius 1 is 0.381 bits per heavy atom. The second kappa shape index (κ2) is 14.3. The highest BCUT2D eigenvalue weighted by Gasteiger charge is 2.56. The molecule has 0 saturated carbocycles. The fourth-order valence-corrected chi connectivity index (χ4v) is 12.0. The van der Waals surface area contributed by atoms with Crippen molar-refractivity contribution in [3.8, 4) is 22.3 Å². The molecule has 0 nitrogen and oxygen atoms in total. The molecule has 0 fully saturated rings. The van der Waals surface area contributed by atoms with Gasteiger partial charge in [0.15, 0.2) is 0 Å². The zero-order valence-electron chi connectivity index (χ0n) is 35.1.